The second kappa shape index (κ2) is 16.0. The molecule has 0 N–H and O–H groups in total. The Morgan fingerprint density at radius 1 is 0.250 bits per heavy atom. The van der Waals surface area contributed by atoms with Gasteiger partial charge in [0.2, 0.25) is 0 Å². The minimum atomic E-state index is 0. The summed E-state index contributed by atoms with van der Waals surface area (Å²) in [4.78, 5) is 0. The van der Waals surface area contributed by atoms with E-state index in [1.54, 1.807) is 0 Å². The summed E-state index contributed by atoms with van der Waals surface area (Å²) in [5.41, 5.74) is 0. The molecule has 0 aromatic heterocycles. The van der Waals surface area contributed by atoms with Gasteiger partial charge < -0.3 is 0 Å². The van der Waals surface area contributed by atoms with Crippen molar-refractivity contribution < 1.29 is 188 Å². The molecule has 0 bridgehead atoms. The zero-order valence-corrected chi connectivity index (χ0v) is 7.93. The molecule has 0 heterocycles. The first kappa shape index (κ1) is 22.5. The molecule has 0 spiro atoms. The van der Waals surface area contributed by atoms with Crippen molar-refractivity contribution in [3.63, 3.8) is 0 Å². The normalized spacial score (nSPS) is 0. The van der Waals surface area contributed by atoms with Crippen molar-refractivity contribution >= 4 is 0 Å². The average molecular weight is 692 g/mol. The molecule has 0 fully saturated rings. The third kappa shape index (κ3) is 11.0. The van der Waals surface area contributed by atoms with Crippen LogP contribution in [-0.4, -0.2) is 0 Å². The van der Waals surface area contributed by atoms with Crippen molar-refractivity contribution in [1.29, 1.82) is 0 Å². The first-order valence-electron chi connectivity index (χ1n) is 0. The van der Waals surface area contributed by atoms with E-state index in [9.17, 15) is 0 Å². The Balaban J connectivity index is 0. The minimum absolute atomic E-state index is 0. The van der Waals surface area contributed by atoms with Gasteiger partial charge in [0.05, 0.1) is 0 Å². The molecular weight excluding hydrogens is 692 g/mol. The van der Waals surface area contributed by atoms with Gasteiger partial charge in [-0.2, -0.15) is 0 Å². The Morgan fingerprint density at radius 3 is 0.250 bits per heavy atom. The van der Waals surface area contributed by atoms with Crippen molar-refractivity contribution in [2.75, 3.05) is 0 Å². The van der Waals surface area contributed by atoms with Crippen LogP contribution in [0.1, 0.15) is 0 Å². The van der Waals surface area contributed by atoms with Gasteiger partial charge in [0.25, 0.3) is 0 Å². The van der Waals surface area contributed by atoms with Crippen LogP contribution in [0.3, 0.4) is 0 Å². The Morgan fingerprint density at radius 2 is 0.250 bits per heavy atom. The van der Waals surface area contributed by atoms with E-state index >= 15 is 0 Å². The van der Waals surface area contributed by atoms with E-state index in [2.05, 4.69) is 0 Å². The number of hydrogen-bond donors (Lipinski definition) is 0. The van der Waals surface area contributed by atoms with E-state index in [-0.39, 0.29) is 188 Å². The van der Waals surface area contributed by atoms with Crippen LogP contribution in [0.15, 0.2) is 0 Å². The van der Waals surface area contributed by atoms with Gasteiger partial charge in [-0.05, 0) is 0 Å². The molecule has 0 unspecified atom stereocenters. The van der Waals surface area contributed by atoms with Crippen molar-refractivity contribution in [2.45, 2.75) is 0 Å². The molecule has 0 atom stereocenters. The van der Waals surface area contributed by atoms with Gasteiger partial charge >= 0.3 is 0 Å². The molecule has 0 aliphatic carbocycles. The fourth-order valence-electron chi connectivity index (χ4n) is 0. The second-order valence-electron chi connectivity index (χ2n) is 0. The maximum absolute atomic E-state index is 0. The quantitative estimate of drug-likeness (QED) is 0.336. The van der Waals surface area contributed by atoms with E-state index in [4.69, 9.17) is 0 Å². The molecule has 0 saturated carbocycles. The van der Waals surface area contributed by atoms with Gasteiger partial charge in [0, 0.05) is 188 Å². The van der Waals surface area contributed by atoms with Gasteiger partial charge in [-0.1, -0.05) is 0 Å². The molecule has 0 aromatic carbocycles. The maximum atomic E-state index is 0. The molecule has 0 aliphatic rings. The van der Waals surface area contributed by atoms with E-state index in [1.807, 2.05) is 0 Å². The number of hydrogen-bond acceptors (Lipinski definition) is 0. The largest absolute Gasteiger partial charge is 0 e. The molecule has 0 aliphatic heterocycles. The summed E-state index contributed by atoms with van der Waals surface area (Å²) < 4.78 is 0. The summed E-state index contributed by atoms with van der Waals surface area (Å²) in [7, 11) is 0. The van der Waals surface area contributed by atoms with Crippen LogP contribution < -0.4 is 0 Å². The van der Waals surface area contributed by atoms with E-state index in [0.29, 0.717) is 0 Å². The van der Waals surface area contributed by atoms with Gasteiger partial charge in [-0.25, -0.2) is 0 Å². The zero-order chi connectivity index (χ0) is 0. The van der Waals surface area contributed by atoms with Crippen molar-refractivity contribution in [2.24, 2.45) is 0 Å². The molecule has 0 rings (SSSR count). The van der Waals surface area contributed by atoms with E-state index < -0.39 is 0 Å². The molecule has 0 aromatic rings. The smallest absolute Gasteiger partial charge is 0 e. The summed E-state index contributed by atoms with van der Waals surface area (Å²) in [5.74, 6) is 0. The third-order valence-corrected chi connectivity index (χ3v) is 0. The van der Waals surface area contributed by atoms with Crippen LogP contribution in [0.2, 0.25) is 0 Å². The van der Waals surface area contributed by atoms with Crippen LogP contribution in [0.5, 0.6) is 0 Å². The molecule has 0 amide bonds. The van der Waals surface area contributed by atoms with Gasteiger partial charge in [0.1, 0.15) is 0 Å². The molecule has 4 heteroatoms. The summed E-state index contributed by atoms with van der Waals surface area (Å²) >= 11 is 0. The summed E-state index contributed by atoms with van der Waals surface area (Å²) in [6.45, 7) is 0. The fourth-order valence-corrected chi connectivity index (χ4v) is 0. The second-order valence-corrected chi connectivity index (χ2v) is 0. The van der Waals surface area contributed by atoms with Crippen molar-refractivity contribution in [3.05, 3.63) is 0 Å². The van der Waals surface area contributed by atoms with Gasteiger partial charge in [-0.3, -0.25) is 0 Å². The monoisotopic (exact) mass is 696 g/mol. The first-order valence-corrected chi connectivity index (χ1v) is 0. The van der Waals surface area contributed by atoms with Crippen LogP contribution in [0.4, 0.5) is 0 Å². The zero-order valence-electron chi connectivity index (χ0n) is 1.07. The SMILES string of the molecule is [Yb].[Yb].[Yb].[Yb]. The molecule has 56 valence electrons. The third-order valence-electron chi connectivity index (χ3n) is 0. The standard InChI is InChI=1S/4Yb. The van der Waals surface area contributed by atoms with Crippen molar-refractivity contribution in [1.82, 2.24) is 0 Å². The van der Waals surface area contributed by atoms with Crippen LogP contribution >= 0.6 is 0 Å². The summed E-state index contributed by atoms with van der Waals surface area (Å²) in [5, 5.41) is 0. The molecular formula is Yb4. The topological polar surface area (TPSA) is 0 Å². The van der Waals surface area contributed by atoms with Crippen LogP contribution in [0.25, 0.3) is 0 Å². The summed E-state index contributed by atoms with van der Waals surface area (Å²) in [6, 6.07) is 0. The van der Waals surface area contributed by atoms with Gasteiger partial charge in [-0.15, -0.1) is 0 Å². The Bertz CT molecular complexity index is 0. The minimum Gasteiger partial charge on any atom is 0 e. The van der Waals surface area contributed by atoms with E-state index in [1.165, 1.54) is 0 Å². The molecule has 0 radical (unpaired) electrons. The summed E-state index contributed by atoms with van der Waals surface area (Å²) in [6.07, 6.45) is 0. The molecule has 4 heavy (non-hydrogen) atoms. The van der Waals surface area contributed by atoms with Crippen LogP contribution in [0, 0.1) is 188 Å². The van der Waals surface area contributed by atoms with Gasteiger partial charge in [0.15, 0.2) is 0 Å². The predicted molar refractivity (Wildman–Crippen MR) is 0 cm³/mol. The van der Waals surface area contributed by atoms with Crippen LogP contribution in [-0.2, 0) is 0 Å². The Kier molecular flexibility index (Phi) is 90.1. The maximum Gasteiger partial charge on any atom is 0 e. The Hall–Kier alpha value is 6.08. The first-order chi connectivity index (χ1) is 0. The van der Waals surface area contributed by atoms with Crippen molar-refractivity contribution in [3.8, 4) is 0 Å². The predicted octanol–water partition coefficient (Wildman–Crippen LogP) is 0. The number of rotatable bonds is 0. The fraction of sp³-hybridized carbons (Fsp3) is 0. The Labute approximate surface area is 180 Å². The van der Waals surface area contributed by atoms with E-state index in [0.717, 1.165) is 0 Å². The molecule has 0 nitrogen and oxygen atoms in total. The average Bonchev–Trinajstić information content (AvgIpc) is 0. The molecule has 0 saturated heterocycles.